The van der Waals surface area contributed by atoms with Gasteiger partial charge in [-0.15, -0.1) is 0 Å². The van der Waals surface area contributed by atoms with Crippen molar-refractivity contribution in [2.24, 2.45) is 0 Å². The molecule has 0 fully saturated rings. The Kier molecular flexibility index (Phi) is 8.62. The molecule has 12 aromatic rings. The van der Waals surface area contributed by atoms with Gasteiger partial charge in [0.05, 0.1) is 11.4 Å². The molecule has 0 atom stereocenters. The summed E-state index contributed by atoms with van der Waals surface area (Å²) in [7, 11) is 0. The Morgan fingerprint density at radius 2 is 0.924 bits per heavy atom. The minimum absolute atomic E-state index is 0.821. The number of hydrogen-bond acceptors (Lipinski definition) is 4. The van der Waals surface area contributed by atoms with Crippen molar-refractivity contribution >= 4 is 88.4 Å². The number of rotatable bonds is 7. The van der Waals surface area contributed by atoms with E-state index < -0.39 is 0 Å². The summed E-state index contributed by atoms with van der Waals surface area (Å²) in [5.74, 6) is 1.69. The predicted molar refractivity (Wildman–Crippen MR) is 276 cm³/mol. The molecule has 1 aliphatic heterocycles. The Morgan fingerprint density at radius 3 is 1.67 bits per heavy atom. The third-order valence-corrected chi connectivity index (χ3v) is 13.3. The monoisotopic (exact) mass is 846 g/mol. The molecule has 0 aliphatic carbocycles. The highest BCUT2D eigenvalue weighted by Crippen LogP contribution is 2.53. The summed E-state index contributed by atoms with van der Waals surface area (Å²) in [6.45, 7) is 4.36. The van der Waals surface area contributed by atoms with Crippen molar-refractivity contribution < 1.29 is 9.15 Å². The molecule has 0 amide bonds. The summed E-state index contributed by atoms with van der Waals surface area (Å²) in [5.41, 5.74) is 15.0. The number of nitrogens with zero attached hydrogens (tertiary/aromatic N) is 2. The highest BCUT2D eigenvalue weighted by atomic mass is 16.5. The fraction of sp³-hybridized carbons (Fsp3) is 0.0323. The Bertz CT molecular complexity index is 3820. The zero-order valence-electron chi connectivity index (χ0n) is 36.5. The van der Waals surface area contributed by atoms with Crippen LogP contribution in [0.3, 0.4) is 0 Å². The lowest BCUT2D eigenvalue weighted by molar-refractivity contribution is 0.487. The Hall–Kier alpha value is -8.60. The van der Waals surface area contributed by atoms with Crippen molar-refractivity contribution in [1.82, 2.24) is 0 Å². The first-order chi connectivity index (χ1) is 32.5. The number of hydrogen-bond donors (Lipinski definition) is 0. The van der Waals surface area contributed by atoms with E-state index in [9.17, 15) is 0 Å². The van der Waals surface area contributed by atoms with E-state index in [4.69, 9.17) is 9.15 Å². The maximum atomic E-state index is 7.05. The number of benzene rings is 11. The van der Waals surface area contributed by atoms with Crippen LogP contribution < -0.4 is 14.5 Å². The molecule has 0 saturated carbocycles. The van der Waals surface area contributed by atoms with E-state index in [1.165, 1.54) is 49.2 Å². The van der Waals surface area contributed by atoms with Gasteiger partial charge in [0, 0.05) is 50.5 Å². The normalized spacial score (nSPS) is 11.9. The molecule has 4 heteroatoms. The van der Waals surface area contributed by atoms with Gasteiger partial charge < -0.3 is 19.0 Å². The summed E-state index contributed by atoms with van der Waals surface area (Å²) >= 11 is 0. The van der Waals surface area contributed by atoms with E-state index in [1.54, 1.807) is 0 Å². The van der Waals surface area contributed by atoms with E-state index in [1.807, 2.05) is 12.1 Å². The van der Waals surface area contributed by atoms with Crippen molar-refractivity contribution in [3.63, 3.8) is 0 Å². The van der Waals surface area contributed by atoms with Gasteiger partial charge in [-0.2, -0.15) is 0 Å². The van der Waals surface area contributed by atoms with E-state index in [0.29, 0.717) is 0 Å². The molecule has 0 spiro atoms. The van der Waals surface area contributed by atoms with Crippen LogP contribution in [0.15, 0.2) is 223 Å². The highest BCUT2D eigenvalue weighted by Gasteiger charge is 2.27. The summed E-state index contributed by atoms with van der Waals surface area (Å²) in [6, 6.07) is 78.3. The van der Waals surface area contributed by atoms with Crippen molar-refractivity contribution in [3.8, 4) is 33.8 Å². The maximum absolute atomic E-state index is 7.05. The average molecular weight is 847 g/mol. The van der Waals surface area contributed by atoms with Crippen LogP contribution in [0.4, 0.5) is 34.1 Å². The highest BCUT2D eigenvalue weighted by molar-refractivity contribution is 6.25. The molecule has 1 aliphatic rings. The molecule has 312 valence electrons. The van der Waals surface area contributed by atoms with E-state index in [0.717, 1.165) is 84.1 Å². The topological polar surface area (TPSA) is 28.9 Å². The maximum Gasteiger partial charge on any atom is 0.159 e. The molecule has 11 aromatic carbocycles. The van der Waals surface area contributed by atoms with Crippen LogP contribution in [-0.2, 0) is 0 Å². The van der Waals surface area contributed by atoms with Crippen LogP contribution >= 0.6 is 0 Å². The predicted octanol–water partition coefficient (Wildman–Crippen LogP) is 18.0. The van der Waals surface area contributed by atoms with Crippen molar-refractivity contribution in [2.75, 3.05) is 9.80 Å². The van der Waals surface area contributed by atoms with Gasteiger partial charge in [-0.25, -0.2) is 0 Å². The second-order valence-electron chi connectivity index (χ2n) is 17.4. The Morgan fingerprint density at radius 1 is 0.333 bits per heavy atom. The molecular weight excluding hydrogens is 805 g/mol. The molecule has 4 nitrogen and oxygen atoms in total. The summed E-state index contributed by atoms with van der Waals surface area (Å²) in [5, 5.41) is 9.42. The van der Waals surface area contributed by atoms with Crippen molar-refractivity contribution in [1.29, 1.82) is 0 Å². The number of aryl methyl sites for hydroxylation is 2. The number of furan rings is 1. The number of anilines is 6. The van der Waals surface area contributed by atoms with E-state index in [-0.39, 0.29) is 0 Å². The van der Waals surface area contributed by atoms with Crippen LogP contribution in [0.1, 0.15) is 11.1 Å². The van der Waals surface area contributed by atoms with Crippen LogP contribution in [0.5, 0.6) is 11.5 Å². The molecule has 2 heterocycles. The summed E-state index contributed by atoms with van der Waals surface area (Å²) in [6.07, 6.45) is 0. The molecule has 0 saturated heterocycles. The lowest BCUT2D eigenvalue weighted by atomic mass is 9.85. The third-order valence-electron chi connectivity index (χ3n) is 13.3. The second kappa shape index (κ2) is 15.0. The van der Waals surface area contributed by atoms with E-state index >= 15 is 0 Å². The molecule has 1 aromatic heterocycles. The first-order valence-electron chi connectivity index (χ1n) is 22.6. The number of para-hydroxylation sites is 5. The van der Waals surface area contributed by atoms with Crippen LogP contribution in [0.2, 0.25) is 0 Å². The first kappa shape index (κ1) is 37.9. The number of ether oxygens (including phenoxy) is 1. The SMILES string of the molecule is Cc1ccc2c(-c3ccc(N(c4ccccc4)c4ccccc4)cc3)cc3c4cc(C)cc5c4c(cc3c2c1)-c1ccc(N(c2ccccc2)c2cccc3c2oc2ccccc23)cc1O5. The quantitative estimate of drug-likeness (QED) is 0.149. The van der Waals surface area contributed by atoms with Crippen LogP contribution in [0.25, 0.3) is 76.5 Å². The average Bonchev–Trinajstić information content (AvgIpc) is 3.75. The van der Waals surface area contributed by atoms with Gasteiger partial charge in [-0.05, 0) is 154 Å². The van der Waals surface area contributed by atoms with Gasteiger partial charge in [0.15, 0.2) is 5.58 Å². The molecule has 13 rings (SSSR count). The molecule has 0 bridgehead atoms. The lowest BCUT2D eigenvalue weighted by Gasteiger charge is -2.28. The van der Waals surface area contributed by atoms with Crippen molar-refractivity contribution in [2.45, 2.75) is 13.8 Å². The van der Waals surface area contributed by atoms with Gasteiger partial charge in [-0.3, -0.25) is 0 Å². The zero-order valence-corrected chi connectivity index (χ0v) is 36.5. The second-order valence-corrected chi connectivity index (χ2v) is 17.4. The molecule has 0 unspecified atom stereocenters. The third kappa shape index (κ3) is 6.07. The number of fused-ring (bicyclic) bond motifs is 9. The van der Waals surface area contributed by atoms with Gasteiger partial charge in [-0.1, -0.05) is 127 Å². The smallest absolute Gasteiger partial charge is 0.159 e. The van der Waals surface area contributed by atoms with Gasteiger partial charge >= 0.3 is 0 Å². The van der Waals surface area contributed by atoms with Crippen LogP contribution in [0, 0.1) is 13.8 Å². The fourth-order valence-electron chi connectivity index (χ4n) is 10.3. The summed E-state index contributed by atoms with van der Waals surface area (Å²) in [4.78, 5) is 4.59. The van der Waals surface area contributed by atoms with Gasteiger partial charge in [0.25, 0.3) is 0 Å². The molecule has 0 N–H and O–H groups in total. The Balaban J connectivity index is 0.975. The lowest BCUT2D eigenvalue weighted by Crippen LogP contribution is -2.10. The molecule has 66 heavy (non-hydrogen) atoms. The van der Waals surface area contributed by atoms with Gasteiger partial charge in [0.1, 0.15) is 17.1 Å². The Labute approximate surface area is 382 Å². The largest absolute Gasteiger partial charge is 0.456 e. The standard InChI is InChI=1S/C62H42N2O2/c1-39-25-31-47-51(41-26-28-45(29-27-41)63(42-15-6-3-7-16-42)43-17-8-4-9-18-43)37-54-53(52(47)33-39)38-56-49-32-30-46(36-59(49)65-60-35-40(2)34-55(54)61(56)60)64(44-19-10-5-11-20-44)57-23-14-22-50-48-21-12-13-24-58(48)66-62(50)57/h3-38H,1-2H3. The van der Waals surface area contributed by atoms with Crippen molar-refractivity contribution in [3.05, 3.63) is 230 Å². The summed E-state index contributed by atoms with van der Waals surface area (Å²) < 4.78 is 13.7. The van der Waals surface area contributed by atoms with Gasteiger partial charge in [0.2, 0.25) is 0 Å². The van der Waals surface area contributed by atoms with Crippen LogP contribution in [-0.4, -0.2) is 0 Å². The molecular formula is C62H42N2O2. The minimum Gasteiger partial charge on any atom is -0.456 e. The minimum atomic E-state index is 0.821. The zero-order chi connectivity index (χ0) is 43.9. The van der Waals surface area contributed by atoms with E-state index in [2.05, 4.69) is 230 Å². The molecule has 0 radical (unpaired) electrons. The fourth-order valence-corrected chi connectivity index (χ4v) is 10.3. The first-order valence-corrected chi connectivity index (χ1v) is 22.6.